The maximum atomic E-state index is 12.5. The van der Waals surface area contributed by atoms with E-state index in [1.165, 1.54) is 17.7 Å². The summed E-state index contributed by atoms with van der Waals surface area (Å²) >= 11 is 0. The second kappa shape index (κ2) is 6.03. The maximum Gasteiger partial charge on any atom is 0.416 e. The summed E-state index contributed by atoms with van der Waals surface area (Å²) < 4.78 is 43.0. The Morgan fingerprint density at radius 2 is 1.27 bits per heavy atom. The van der Waals surface area contributed by atoms with Crippen molar-refractivity contribution < 1.29 is 17.9 Å². The monoisotopic (exact) mass is 308 g/mol. The lowest BCUT2D eigenvalue weighted by Crippen LogP contribution is -2.10. The summed E-state index contributed by atoms with van der Waals surface area (Å²) in [5, 5.41) is 0. The van der Waals surface area contributed by atoms with Gasteiger partial charge in [-0.25, -0.2) is 0 Å². The highest BCUT2D eigenvalue weighted by Gasteiger charge is 2.29. The zero-order chi connectivity index (χ0) is 16.4. The largest absolute Gasteiger partial charge is 0.489 e. The van der Waals surface area contributed by atoms with Crippen LogP contribution in [0.5, 0.6) is 5.75 Å². The minimum absolute atomic E-state index is 0.0754. The first-order valence-electron chi connectivity index (χ1n) is 7.06. The van der Waals surface area contributed by atoms with E-state index in [2.05, 4.69) is 20.8 Å². The van der Waals surface area contributed by atoms with Crippen molar-refractivity contribution >= 4 is 0 Å². The average Bonchev–Trinajstić information content (AvgIpc) is 2.44. The van der Waals surface area contributed by atoms with Crippen molar-refractivity contribution in [2.45, 2.75) is 39.0 Å². The van der Waals surface area contributed by atoms with E-state index in [1.54, 1.807) is 0 Å². The molecule has 0 N–H and O–H groups in total. The Hall–Kier alpha value is -1.97. The molecule has 2 aromatic rings. The third-order valence-corrected chi connectivity index (χ3v) is 3.41. The second-order valence-corrected chi connectivity index (χ2v) is 6.26. The van der Waals surface area contributed by atoms with Crippen LogP contribution in [0.4, 0.5) is 13.2 Å². The van der Waals surface area contributed by atoms with Crippen molar-refractivity contribution in [1.29, 1.82) is 0 Å². The van der Waals surface area contributed by atoms with Crippen LogP contribution in [0.2, 0.25) is 0 Å². The van der Waals surface area contributed by atoms with Crippen molar-refractivity contribution in [1.82, 2.24) is 0 Å². The van der Waals surface area contributed by atoms with Gasteiger partial charge in [-0.3, -0.25) is 0 Å². The summed E-state index contributed by atoms with van der Waals surface area (Å²) in [5.41, 5.74) is 1.33. The van der Waals surface area contributed by atoms with Crippen molar-refractivity contribution in [2.75, 3.05) is 0 Å². The number of hydrogen-bond donors (Lipinski definition) is 0. The van der Waals surface area contributed by atoms with Gasteiger partial charge in [-0.15, -0.1) is 0 Å². The first-order valence-corrected chi connectivity index (χ1v) is 7.06. The van der Waals surface area contributed by atoms with E-state index in [0.717, 1.165) is 12.1 Å². The molecule has 2 aromatic carbocycles. The lowest BCUT2D eigenvalue weighted by molar-refractivity contribution is -0.137. The van der Waals surface area contributed by atoms with Crippen LogP contribution in [0, 0.1) is 0 Å². The average molecular weight is 308 g/mol. The predicted molar refractivity (Wildman–Crippen MR) is 80.9 cm³/mol. The molecule has 0 aliphatic carbocycles. The molecule has 22 heavy (non-hydrogen) atoms. The van der Waals surface area contributed by atoms with E-state index in [4.69, 9.17) is 4.74 Å². The molecule has 0 aromatic heterocycles. The molecule has 0 heterocycles. The molecule has 118 valence electrons. The van der Waals surface area contributed by atoms with E-state index in [-0.39, 0.29) is 12.0 Å². The number of ether oxygens (including phenoxy) is 1. The number of halogens is 3. The van der Waals surface area contributed by atoms with Gasteiger partial charge in [0.1, 0.15) is 12.4 Å². The molecule has 0 radical (unpaired) electrons. The van der Waals surface area contributed by atoms with Crippen LogP contribution < -0.4 is 4.74 Å². The molecule has 0 unspecified atom stereocenters. The van der Waals surface area contributed by atoms with Crippen molar-refractivity contribution in [3.8, 4) is 5.75 Å². The van der Waals surface area contributed by atoms with Crippen LogP contribution in [0.1, 0.15) is 37.5 Å². The lowest BCUT2D eigenvalue weighted by atomic mass is 9.87. The van der Waals surface area contributed by atoms with Gasteiger partial charge >= 0.3 is 6.18 Å². The van der Waals surface area contributed by atoms with Crippen LogP contribution in [0.3, 0.4) is 0 Å². The second-order valence-electron chi connectivity index (χ2n) is 6.26. The molecule has 0 fully saturated rings. The topological polar surface area (TPSA) is 9.23 Å². The number of benzene rings is 2. The Kier molecular flexibility index (Phi) is 4.50. The fourth-order valence-corrected chi connectivity index (χ4v) is 2.01. The Morgan fingerprint density at radius 1 is 0.773 bits per heavy atom. The summed E-state index contributed by atoms with van der Waals surface area (Å²) in [4.78, 5) is 0. The Bertz CT molecular complexity index is 547. The van der Waals surface area contributed by atoms with Gasteiger partial charge in [0.15, 0.2) is 0 Å². The predicted octanol–water partition coefficient (Wildman–Crippen LogP) is 5.58. The van der Waals surface area contributed by atoms with Gasteiger partial charge in [0, 0.05) is 0 Å². The lowest BCUT2D eigenvalue weighted by Gasteiger charge is -2.19. The van der Waals surface area contributed by atoms with E-state index in [0.29, 0.717) is 11.3 Å². The molecule has 0 aliphatic heterocycles. The fraction of sp³-hybridized carbons (Fsp3) is 0.333. The Balaban J connectivity index is 1.98. The highest BCUT2D eigenvalue weighted by molar-refractivity contribution is 5.31. The fourth-order valence-electron chi connectivity index (χ4n) is 2.01. The molecule has 0 saturated carbocycles. The molecule has 0 aliphatic rings. The zero-order valence-electron chi connectivity index (χ0n) is 12.9. The van der Waals surface area contributed by atoms with Crippen LogP contribution >= 0.6 is 0 Å². The van der Waals surface area contributed by atoms with Gasteiger partial charge < -0.3 is 4.74 Å². The first-order chi connectivity index (χ1) is 10.2. The van der Waals surface area contributed by atoms with Crippen LogP contribution in [0.15, 0.2) is 48.5 Å². The van der Waals surface area contributed by atoms with Crippen LogP contribution in [-0.2, 0) is 18.2 Å². The van der Waals surface area contributed by atoms with Crippen molar-refractivity contribution in [3.63, 3.8) is 0 Å². The quantitative estimate of drug-likeness (QED) is 0.719. The van der Waals surface area contributed by atoms with Gasteiger partial charge in [0.05, 0.1) is 5.56 Å². The number of rotatable bonds is 3. The molecule has 0 amide bonds. The van der Waals surface area contributed by atoms with Crippen molar-refractivity contribution in [2.24, 2.45) is 0 Å². The molecule has 0 atom stereocenters. The summed E-state index contributed by atoms with van der Waals surface area (Å²) in [5.74, 6) is 0.702. The molecular weight excluding hydrogens is 289 g/mol. The summed E-state index contributed by atoms with van der Waals surface area (Å²) in [7, 11) is 0. The van der Waals surface area contributed by atoms with Crippen molar-refractivity contribution in [3.05, 3.63) is 65.2 Å². The smallest absolute Gasteiger partial charge is 0.416 e. The minimum atomic E-state index is -4.30. The number of alkyl halides is 3. The van der Waals surface area contributed by atoms with E-state index in [1.807, 2.05) is 24.3 Å². The van der Waals surface area contributed by atoms with E-state index in [9.17, 15) is 13.2 Å². The molecule has 4 heteroatoms. The SMILES string of the molecule is CC(C)(C)c1ccc(OCc2ccc(C(F)(F)F)cc2)cc1. The Morgan fingerprint density at radius 3 is 1.73 bits per heavy atom. The first kappa shape index (κ1) is 16.4. The van der Waals surface area contributed by atoms with Gasteiger partial charge in [-0.1, -0.05) is 45.0 Å². The Labute approximate surface area is 128 Å². The van der Waals surface area contributed by atoms with E-state index >= 15 is 0 Å². The third kappa shape index (κ3) is 4.26. The van der Waals surface area contributed by atoms with Gasteiger partial charge in [0.2, 0.25) is 0 Å². The number of hydrogen-bond acceptors (Lipinski definition) is 1. The van der Waals surface area contributed by atoms with Crippen LogP contribution in [-0.4, -0.2) is 0 Å². The highest BCUT2D eigenvalue weighted by atomic mass is 19.4. The van der Waals surface area contributed by atoms with E-state index < -0.39 is 11.7 Å². The molecular formula is C18H19F3O. The maximum absolute atomic E-state index is 12.5. The zero-order valence-corrected chi connectivity index (χ0v) is 12.9. The minimum Gasteiger partial charge on any atom is -0.489 e. The van der Waals surface area contributed by atoms with Crippen LogP contribution in [0.25, 0.3) is 0 Å². The summed E-state index contributed by atoms with van der Waals surface area (Å²) in [6, 6.07) is 12.8. The standard InChI is InChI=1S/C18H19F3O/c1-17(2,3)14-8-10-16(11-9-14)22-12-13-4-6-15(7-5-13)18(19,20)21/h4-11H,12H2,1-3H3. The molecule has 0 bridgehead atoms. The summed E-state index contributed by atoms with van der Waals surface area (Å²) in [6.45, 7) is 6.63. The molecule has 0 saturated heterocycles. The summed E-state index contributed by atoms with van der Waals surface area (Å²) in [6.07, 6.45) is -4.30. The molecule has 2 rings (SSSR count). The van der Waals surface area contributed by atoms with Gasteiger partial charge in [-0.05, 0) is 40.8 Å². The van der Waals surface area contributed by atoms with Gasteiger partial charge in [0.25, 0.3) is 0 Å². The molecule has 1 nitrogen and oxygen atoms in total. The highest BCUT2D eigenvalue weighted by Crippen LogP contribution is 2.29. The molecule has 0 spiro atoms. The van der Waals surface area contributed by atoms with Gasteiger partial charge in [-0.2, -0.15) is 13.2 Å². The third-order valence-electron chi connectivity index (χ3n) is 3.41. The normalized spacial score (nSPS) is 12.3.